The number of aromatic nitrogens is 2. The fraction of sp³-hybridized carbons (Fsp3) is 0.846. The summed E-state index contributed by atoms with van der Waals surface area (Å²) >= 11 is 0. The van der Waals surface area contributed by atoms with Crippen molar-refractivity contribution >= 4 is 9.84 Å². The van der Waals surface area contributed by atoms with E-state index in [0.29, 0.717) is 31.4 Å². The van der Waals surface area contributed by atoms with Crippen LogP contribution in [-0.4, -0.2) is 37.0 Å². The minimum absolute atomic E-state index is 0.170. The highest BCUT2D eigenvalue weighted by Crippen LogP contribution is 2.32. The van der Waals surface area contributed by atoms with Crippen LogP contribution in [0, 0.1) is 0 Å². The average molecular weight is 315 g/mol. The summed E-state index contributed by atoms with van der Waals surface area (Å²) in [4.78, 5) is 4.19. The summed E-state index contributed by atoms with van der Waals surface area (Å²) in [7, 11) is -3.18. The van der Waals surface area contributed by atoms with Gasteiger partial charge in [-0.25, -0.2) is 8.42 Å². The first-order valence-corrected chi connectivity index (χ1v) is 9.20. The van der Waals surface area contributed by atoms with Crippen molar-refractivity contribution in [3.8, 4) is 0 Å². The van der Waals surface area contributed by atoms with Crippen LogP contribution < -0.4 is 5.73 Å². The molecule has 21 heavy (non-hydrogen) atoms. The van der Waals surface area contributed by atoms with Crippen LogP contribution in [0.2, 0.25) is 0 Å². The van der Waals surface area contributed by atoms with Crippen molar-refractivity contribution in [3.05, 3.63) is 11.7 Å². The van der Waals surface area contributed by atoms with Crippen LogP contribution in [0.5, 0.6) is 0 Å². The Balaban J connectivity index is 1.64. The first-order chi connectivity index (χ1) is 10.1. The number of hydrogen-bond acceptors (Lipinski definition) is 7. The highest BCUT2D eigenvalue weighted by molar-refractivity contribution is 7.91. The average Bonchev–Trinajstić information content (AvgIpc) is 2.85. The van der Waals surface area contributed by atoms with Gasteiger partial charge in [-0.15, -0.1) is 0 Å². The van der Waals surface area contributed by atoms with Gasteiger partial charge in [0.2, 0.25) is 5.89 Å². The zero-order chi connectivity index (χ0) is 14.9. The van der Waals surface area contributed by atoms with Gasteiger partial charge in [0.15, 0.2) is 15.7 Å². The molecule has 0 bridgehead atoms. The van der Waals surface area contributed by atoms with Crippen molar-refractivity contribution in [1.82, 2.24) is 10.1 Å². The van der Waals surface area contributed by atoms with Crippen LogP contribution in [0.25, 0.3) is 0 Å². The van der Waals surface area contributed by atoms with Crippen molar-refractivity contribution in [3.63, 3.8) is 0 Å². The van der Waals surface area contributed by atoms with E-state index >= 15 is 0 Å². The van der Waals surface area contributed by atoms with E-state index in [2.05, 4.69) is 10.1 Å². The van der Waals surface area contributed by atoms with Gasteiger partial charge in [0, 0.05) is 0 Å². The summed E-state index contributed by atoms with van der Waals surface area (Å²) in [5.41, 5.74) is 5.97. The largest absolute Gasteiger partial charge is 0.376 e. The Labute approximate surface area is 124 Å². The zero-order valence-electron chi connectivity index (χ0n) is 11.9. The van der Waals surface area contributed by atoms with Gasteiger partial charge in [-0.2, -0.15) is 4.98 Å². The Hall–Kier alpha value is -0.990. The lowest BCUT2D eigenvalue weighted by Crippen LogP contribution is -2.27. The molecule has 1 saturated carbocycles. The van der Waals surface area contributed by atoms with Gasteiger partial charge in [-0.05, 0) is 32.1 Å². The van der Waals surface area contributed by atoms with Crippen LogP contribution in [0.15, 0.2) is 4.52 Å². The molecule has 1 aliphatic carbocycles. The first kappa shape index (κ1) is 14.9. The second kappa shape index (κ2) is 6.02. The maximum atomic E-state index is 12.0. The minimum atomic E-state index is -3.18. The Morgan fingerprint density at radius 1 is 1.29 bits per heavy atom. The SMILES string of the molecule is NC(COC1CCC1)c1noc(C2CCCCS2(=O)=O)n1. The lowest BCUT2D eigenvalue weighted by atomic mass is 9.96. The number of hydrogen-bond donors (Lipinski definition) is 1. The maximum absolute atomic E-state index is 12.0. The Bertz CT molecular complexity index is 582. The van der Waals surface area contributed by atoms with Crippen molar-refractivity contribution in [2.45, 2.75) is 55.9 Å². The lowest BCUT2D eigenvalue weighted by molar-refractivity contribution is -0.00549. The van der Waals surface area contributed by atoms with Crippen LogP contribution in [0.4, 0.5) is 0 Å². The van der Waals surface area contributed by atoms with Gasteiger partial charge >= 0.3 is 0 Å². The van der Waals surface area contributed by atoms with Crippen LogP contribution in [0.1, 0.15) is 61.5 Å². The standard InChI is InChI=1S/C13H21N3O4S/c14-10(8-19-9-4-3-5-9)12-15-13(20-16-12)11-6-1-2-7-21(11,17)18/h9-11H,1-8,14H2. The molecule has 2 fully saturated rings. The molecule has 2 unspecified atom stereocenters. The van der Waals surface area contributed by atoms with Crippen molar-refractivity contribution in [1.29, 1.82) is 0 Å². The third kappa shape index (κ3) is 3.27. The lowest BCUT2D eigenvalue weighted by Gasteiger charge is -2.26. The fourth-order valence-electron chi connectivity index (χ4n) is 2.61. The molecule has 0 spiro atoms. The number of sulfone groups is 1. The number of nitrogens with two attached hydrogens (primary N) is 1. The quantitative estimate of drug-likeness (QED) is 0.871. The summed E-state index contributed by atoms with van der Waals surface area (Å²) in [5.74, 6) is 0.681. The number of nitrogens with zero attached hydrogens (tertiary/aromatic N) is 2. The van der Waals surface area contributed by atoms with Gasteiger partial charge in [-0.3, -0.25) is 0 Å². The Kier molecular flexibility index (Phi) is 4.28. The highest BCUT2D eigenvalue weighted by Gasteiger charge is 2.35. The molecule has 2 atom stereocenters. The molecular formula is C13H21N3O4S. The molecule has 1 saturated heterocycles. The van der Waals surface area contributed by atoms with E-state index < -0.39 is 21.1 Å². The third-order valence-corrected chi connectivity index (χ3v) is 6.37. The summed E-state index contributed by atoms with van der Waals surface area (Å²) in [6, 6.07) is -0.477. The summed E-state index contributed by atoms with van der Waals surface area (Å²) in [6.07, 6.45) is 5.74. The molecule has 1 aromatic heterocycles. The molecule has 2 heterocycles. The molecule has 8 heteroatoms. The predicted octanol–water partition coefficient (Wildman–Crippen LogP) is 1.28. The third-order valence-electron chi connectivity index (χ3n) is 4.21. The first-order valence-electron chi connectivity index (χ1n) is 7.48. The molecule has 0 aromatic carbocycles. The Morgan fingerprint density at radius 3 is 2.76 bits per heavy atom. The molecule has 0 radical (unpaired) electrons. The minimum Gasteiger partial charge on any atom is -0.376 e. The van der Waals surface area contributed by atoms with Crippen molar-refractivity contribution in [2.75, 3.05) is 12.4 Å². The Morgan fingerprint density at radius 2 is 2.10 bits per heavy atom. The van der Waals surface area contributed by atoms with Crippen LogP contribution in [-0.2, 0) is 14.6 Å². The second-order valence-electron chi connectivity index (χ2n) is 5.83. The maximum Gasteiger partial charge on any atom is 0.245 e. The van der Waals surface area contributed by atoms with E-state index in [-0.39, 0.29) is 11.6 Å². The fourth-order valence-corrected chi connectivity index (χ4v) is 4.43. The summed E-state index contributed by atoms with van der Waals surface area (Å²) in [5, 5.41) is 3.15. The molecule has 7 nitrogen and oxygen atoms in total. The van der Waals surface area contributed by atoms with E-state index in [9.17, 15) is 8.42 Å². The van der Waals surface area contributed by atoms with Gasteiger partial charge in [0.1, 0.15) is 5.25 Å². The summed E-state index contributed by atoms with van der Waals surface area (Å²) in [6.45, 7) is 0.334. The van der Waals surface area contributed by atoms with E-state index in [4.69, 9.17) is 15.0 Å². The van der Waals surface area contributed by atoms with Crippen LogP contribution >= 0.6 is 0 Å². The zero-order valence-corrected chi connectivity index (χ0v) is 12.7. The topological polar surface area (TPSA) is 108 Å². The van der Waals surface area contributed by atoms with Crippen molar-refractivity contribution < 1.29 is 17.7 Å². The van der Waals surface area contributed by atoms with Gasteiger partial charge in [-0.1, -0.05) is 11.6 Å². The predicted molar refractivity (Wildman–Crippen MR) is 75.2 cm³/mol. The van der Waals surface area contributed by atoms with Crippen molar-refractivity contribution in [2.24, 2.45) is 5.73 Å². The molecule has 2 N–H and O–H groups in total. The molecule has 2 aliphatic rings. The van der Waals surface area contributed by atoms with Gasteiger partial charge < -0.3 is 15.0 Å². The number of rotatable bonds is 5. The molecule has 0 amide bonds. The van der Waals surface area contributed by atoms with Gasteiger partial charge in [0.25, 0.3) is 0 Å². The van der Waals surface area contributed by atoms with E-state index in [1.807, 2.05) is 0 Å². The second-order valence-corrected chi connectivity index (χ2v) is 8.14. The van der Waals surface area contributed by atoms with E-state index in [1.54, 1.807) is 0 Å². The molecule has 3 rings (SSSR count). The normalized spacial score (nSPS) is 27.2. The molecular weight excluding hydrogens is 294 g/mol. The number of ether oxygens (including phenoxy) is 1. The molecule has 1 aromatic rings. The molecule has 1 aliphatic heterocycles. The molecule has 118 valence electrons. The van der Waals surface area contributed by atoms with Gasteiger partial charge in [0.05, 0.1) is 24.5 Å². The summed E-state index contributed by atoms with van der Waals surface area (Å²) < 4.78 is 34.8. The van der Waals surface area contributed by atoms with E-state index in [1.165, 1.54) is 6.42 Å². The monoisotopic (exact) mass is 315 g/mol. The van der Waals surface area contributed by atoms with Crippen LogP contribution in [0.3, 0.4) is 0 Å². The van der Waals surface area contributed by atoms with E-state index in [0.717, 1.165) is 19.3 Å². The highest BCUT2D eigenvalue weighted by atomic mass is 32.2. The smallest absolute Gasteiger partial charge is 0.245 e.